The zero-order valence-electron chi connectivity index (χ0n) is 19.0. The number of β-amino-alcohol motifs (C(OH)–C–C–N with tert-alkyl or cyclic N) is 1. The highest BCUT2D eigenvalue weighted by Gasteiger charge is 2.31. The second-order valence-corrected chi connectivity index (χ2v) is 11.2. The van der Waals surface area contributed by atoms with Crippen molar-refractivity contribution in [3.8, 4) is 21.6 Å². The van der Waals surface area contributed by atoms with Gasteiger partial charge < -0.3 is 10.0 Å². The predicted molar refractivity (Wildman–Crippen MR) is 132 cm³/mol. The molecule has 3 aromatic rings. The lowest BCUT2D eigenvalue weighted by molar-refractivity contribution is -0.0107. The molecule has 0 saturated carbocycles. The average Bonchev–Trinajstić information content (AvgIpc) is 3.22. The van der Waals surface area contributed by atoms with Gasteiger partial charge in [0, 0.05) is 46.4 Å². The van der Waals surface area contributed by atoms with Crippen molar-refractivity contribution < 1.29 is 9.90 Å². The Morgan fingerprint density at radius 2 is 1.97 bits per heavy atom. The number of carbonyl (C=O) groups excluding carboxylic acids is 1. The number of nitrogens with zero attached hydrogens (tertiary/aromatic N) is 2. The third-order valence-corrected chi connectivity index (χ3v) is 7.18. The van der Waals surface area contributed by atoms with Crippen LogP contribution in [0.5, 0.6) is 0 Å². The first kappa shape index (κ1) is 23.0. The van der Waals surface area contributed by atoms with E-state index in [2.05, 4.69) is 43.3 Å². The third-order valence-electron chi connectivity index (χ3n) is 5.90. The minimum Gasteiger partial charge on any atom is -0.388 e. The number of aromatic nitrogens is 1. The molecule has 1 amide bonds. The molecule has 4 rings (SSSR count). The number of hydrogen-bond donors (Lipinski definition) is 1. The largest absolute Gasteiger partial charge is 0.388 e. The van der Waals surface area contributed by atoms with Crippen LogP contribution in [0.2, 0.25) is 5.02 Å². The van der Waals surface area contributed by atoms with Gasteiger partial charge in [0.1, 0.15) is 0 Å². The number of halogens is 1. The molecule has 2 aromatic heterocycles. The maximum absolute atomic E-state index is 12.9. The maximum atomic E-state index is 12.9. The Morgan fingerprint density at radius 3 is 2.66 bits per heavy atom. The molecule has 1 fully saturated rings. The highest BCUT2D eigenvalue weighted by atomic mass is 35.5. The molecular weight excluding hydrogens is 440 g/mol. The molecule has 4 nitrogen and oxygen atoms in total. The molecule has 32 heavy (non-hydrogen) atoms. The molecule has 0 bridgehead atoms. The predicted octanol–water partition coefficient (Wildman–Crippen LogP) is 6.42. The van der Waals surface area contributed by atoms with E-state index in [1.54, 1.807) is 29.2 Å². The number of likely N-dealkylation sites (tertiary alicyclic amines) is 1. The SMILES string of the molecule is CC1(O)CCCN(C(=O)c2ccc(-c3cc(-c4ccnc(C(C)(C)C)c4)cs3)c(Cl)c2)C1. The summed E-state index contributed by atoms with van der Waals surface area (Å²) in [4.78, 5) is 20.2. The van der Waals surface area contributed by atoms with Gasteiger partial charge in [-0.15, -0.1) is 11.3 Å². The van der Waals surface area contributed by atoms with Gasteiger partial charge >= 0.3 is 0 Å². The Kier molecular flexibility index (Phi) is 6.19. The van der Waals surface area contributed by atoms with Gasteiger partial charge in [-0.25, -0.2) is 0 Å². The second-order valence-electron chi connectivity index (χ2n) is 9.90. The molecule has 1 N–H and O–H groups in total. The zero-order chi connectivity index (χ0) is 23.1. The Balaban J connectivity index is 1.57. The highest BCUT2D eigenvalue weighted by molar-refractivity contribution is 7.14. The molecular formula is C26H29ClN2O2S. The molecule has 168 valence electrons. The molecule has 1 unspecified atom stereocenters. The van der Waals surface area contributed by atoms with Crippen molar-refractivity contribution in [3.63, 3.8) is 0 Å². The Labute approximate surface area is 198 Å². The number of carbonyl (C=O) groups is 1. The van der Waals surface area contributed by atoms with E-state index >= 15 is 0 Å². The van der Waals surface area contributed by atoms with E-state index in [1.807, 2.05) is 24.4 Å². The normalized spacial score (nSPS) is 19.2. The summed E-state index contributed by atoms with van der Waals surface area (Å²) in [6, 6.07) is 11.8. The number of aliphatic hydroxyl groups is 1. The second kappa shape index (κ2) is 8.62. The van der Waals surface area contributed by atoms with Crippen molar-refractivity contribution in [2.75, 3.05) is 13.1 Å². The molecule has 1 aliphatic heterocycles. The highest BCUT2D eigenvalue weighted by Crippen LogP contribution is 2.37. The van der Waals surface area contributed by atoms with Gasteiger partial charge in [-0.05, 0) is 66.6 Å². The van der Waals surface area contributed by atoms with Crippen LogP contribution < -0.4 is 0 Å². The number of amides is 1. The zero-order valence-corrected chi connectivity index (χ0v) is 20.6. The molecule has 0 spiro atoms. The van der Waals surface area contributed by atoms with E-state index in [4.69, 9.17) is 11.6 Å². The van der Waals surface area contributed by atoms with Gasteiger partial charge in [0.25, 0.3) is 5.91 Å². The summed E-state index contributed by atoms with van der Waals surface area (Å²) in [6.45, 7) is 9.26. The summed E-state index contributed by atoms with van der Waals surface area (Å²) in [6.07, 6.45) is 3.37. The van der Waals surface area contributed by atoms with Crippen LogP contribution in [0, 0.1) is 0 Å². The van der Waals surface area contributed by atoms with Crippen LogP contribution in [-0.4, -0.2) is 39.6 Å². The van der Waals surface area contributed by atoms with E-state index in [-0.39, 0.29) is 11.3 Å². The third kappa shape index (κ3) is 4.90. The lowest BCUT2D eigenvalue weighted by Gasteiger charge is -2.36. The lowest BCUT2D eigenvalue weighted by Crippen LogP contribution is -2.48. The lowest BCUT2D eigenvalue weighted by atomic mass is 9.90. The van der Waals surface area contributed by atoms with Crippen LogP contribution in [0.3, 0.4) is 0 Å². The molecule has 1 aliphatic rings. The Morgan fingerprint density at radius 1 is 1.19 bits per heavy atom. The summed E-state index contributed by atoms with van der Waals surface area (Å²) in [7, 11) is 0. The molecule has 0 aliphatic carbocycles. The number of hydrogen-bond acceptors (Lipinski definition) is 4. The average molecular weight is 469 g/mol. The van der Waals surface area contributed by atoms with E-state index in [0.29, 0.717) is 30.1 Å². The van der Waals surface area contributed by atoms with Crippen molar-refractivity contribution in [3.05, 3.63) is 64.3 Å². The standard InChI is InChI=1S/C26H29ClN2O2S/c1-25(2,3)23-14-17(8-10-28-23)19-13-22(32-15-19)20-7-6-18(12-21(20)27)24(30)29-11-5-9-26(4,31)16-29/h6-8,10,12-15,31H,5,9,11,16H2,1-4H3. The van der Waals surface area contributed by atoms with E-state index in [1.165, 1.54) is 0 Å². The first-order valence-corrected chi connectivity index (χ1v) is 12.2. The van der Waals surface area contributed by atoms with Crippen LogP contribution in [0.1, 0.15) is 56.6 Å². The monoisotopic (exact) mass is 468 g/mol. The minimum absolute atomic E-state index is 0.0115. The fraction of sp³-hybridized carbons (Fsp3) is 0.385. The Bertz CT molecular complexity index is 1150. The molecule has 3 heterocycles. The van der Waals surface area contributed by atoms with Gasteiger partial charge in [0.05, 0.1) is 10.6 Å². The van der Waals surface area contributed by atoms with Gasteiger partial charge in [-0.3, -0.25) is 9.78 Å². The number of benzene rings is 1. The van der Waals surface area contributed by atoms with E-state index in [0.717, 1.165) is 33.7 Å². The van der Waals surface area contributed by atoms with E-state index < -0.39 is 5.60 Å². The van der Waals surface area contributed by atoms with E-state index in [9.17, 15) is 9.90 Å². The molecule has 6 heteroatoms. The quantitative estimate of drug-likeness (QED) is 0.482. The smallest absolute Gasteiger partial charge is 0.254 e. The van der Waals surface area contributed by atoms with Gasteiger partial charge in [-0.1, -0.05) is 38.4 Å². The van der Waals surface area contributed by atoms with Gasteiger partial charge in [0.15, 0.2) is 0 Å². The summed E-state index contributed by atoms with van der Waals surface area (Å²) in [5.41, 5.74) is 3.94. The summed E-state index contributed by atoms with van der Waals surface area (Å²) >= 11 is 8.25. The fourth-order valence-electron chi connectivity index (χ4n) is 4.07. The van der Waals surface area contributed by atoms with Crippen molar-refractivity contribution in [2.45, 2.75) is 51.6 Å². The van der Waals surface area contributed by atoms with Crippen LogP contribution in [0.15, 0.2) is 48.0 Å². The van der Waals surface area contributed by atoms with Crippen molar-refractivity contribution >= 4 is 28.8 Å². The van der Waals surface area contributed by atoms with Crippen LogP contribution in [0.25, 0.3) is 21.6 Å². The number of thiophene rings is 1. The first-order chi connectivity index (χ1) is 15.0. The van der Waals surface area contributed by atoms with Crippen molar-refractivity contribution in [1.29, 1.82) is 0 Å². The molecule has 0 radical (unpaired) electrons. The number of rotatable bonds is 3. The molecule has 1 saturated heterocycles. The van der Waals surface area contributed by atoms with Crippen molar-refractivity contribution in [1.82, 2.24) is 9.88 Å². The topological polar surface area (TPSA) is 53.4 Å². The minimum atomic E-state index is -0.829. The van der Waals surface area contributed by atoms with Crippen LogP contribution in [-0.2, 0) is 5.41 Å². The van der Waals surface area contributed by atoms with Crippen LogP contribution >= 0.6 is 22.9 Å². The number of piperidine rings is 1. The van der Waals surface area contributed by atoms with Crippen molar-refractivity contribution in [2.24, 2.45) is 0 Å². The van der Waals surface area contributed by atoms with Gasteiger partial charge in [-0.2, -0.15) is 0 Å². The molecule has 1 aromatic carbocycles. The summed E-state index contributed by atoms with van der Waals surface area (Å²) in [5, 5.41) is 13.0. The molecule has 1 atom stereocenters. The van der Waals surface area contributed by atoms with Crippen LogP contribution in [0.4, 0.5) is 0 Å². The first-order valence-electron chi connectivity index (χ1n) is 10.9. The summed E-state index contributed by atoms with van der Waals surface area (Å²) in [5.74, 6) is -0.0863. The Hall–Kier alpha value is -2.21. The maximum Gasteiger partial charge on any atom is 0.254 e. The summed E-state index contributed by atoms with van der Waals surface area (Å²) < 4.78 is 0. The fourth-order valence-corrected chi connectivity index (χ4v) is 5.37. The van der Waals surface area contributed by atoms with Gasteiger partial charge in [0.2, 0.25) is 0 Å². The number of pyridine rings is 1.